The lowest BCUT2D eigenvalue weighted by Gasteiger charge is -1.98. The number of hydrogen-bond acceptors (Lipinski definition) is 5. The standard InChI is InChI=1S/C10H9N3O2/c1-2-3-8(11)10-12-9(13-15-10)7-4-5-14-6-7/h1,4-6,8H,3,11H2. The van der Waals surface area contributed by atoms with E-state index in [9.17, 15) is 0 Å². The molecular weight excluding hydrogens is 194 g/mol. The summed E-state index contributed by atoms with van der Waals surface area (Å²) in [5.41, 5.74) is 6.46. The second-order valence-corrected chi connectivity index (χ2v) is 2.98. The lowest BCUT2D eigenvalue weighted by Crippen LogP contribution is -2.09. The van der Waals surface area contributed by atoms with E-state index in [4.69, 9.17) is 21.1 Å². The van der Waals surface area contributed by atoms with Crippen molar-refractivity contribution < 1.29 is 8.94 Å². The second-order valence-electron chi connectivity index (χ2n) is 2.98. The summed E-state index contributed by atoms with van der Waals surface area (Å²) in [4.78, 5) is 4.11. The molecule has 1 atom stereocenters. The smallest absolute Gasteiger partial charge is 0.244 e. The number of hydrogen-bond donors (Lipinski definition) is 1. The van der Waals surface area contributed by atoms with Crippen LogP contribution in [0.15, 0.2) is 27.5 Å². The van der Waals surface area contributed by atoms with Crippen molar-refractivity contribution in [2.24, 2.45) is 5.73 Å². The topological polar surface area (TPSA) is 78.1 Å². The predicted octanol–water partition coefficient (Wildman–Crippen LogP) is 1.35. The summed E-state index contributed by atoms with van der Waals surface area (Å²) in [6.45, 7) is 0. The van der Waals surface area contributed by atoms with E-state index in [2.05, 4.69) is 16.1 Å². The Bertz CT molecular complexity index is 467. The molecule has 2 aromatic rings. The monoisotopic (exact) mass is 203 g/mol. The van der Waals surface area contributed by atoms with Gasteiger partial charge in [-0.2, -0.15) is 4.98 Å². The Hall–Kier alpha value is -2.06. The fourth-order valence-corrected chi connectivity index (χ4v) is 1.11. The van der Waals surface area contributed by atoms with Crippen molar-refractivity contribution >= 4 is 0 Å². The normalized spacial score (nSPS) is 12.3. The van der Waals surface area contributed by atoms with Crippen molar-refractivity contribution in [1.82, 2.24) is 10.1 Å². The van der Waals surface area contributed by atoms with E-state index >= 15 is 0 Å². The van der Waals surface area contributed by atoms with Crippen LogP contribution in [0.2, 0.25) is 0 Å². The highest BCUT2D eigenvalue weighted by Gasteiger charge is 2.14. The first kappa shape index (κ1) is 9.49. The molecule has 0 bridgehead atoms. The Morgan fingerprint density at radius 2 is 2.47 bits per heavy atom. The van der Waals surface area contributed by atoms with Gasteiger partial charge in [0.15, 0.2) is 0 Å². The Balaban J connectivity index is 2.22. The van der Waals surface area contributed by atoms with Gasteiger partial charge in [0.05, 0.1) is 17.9 Å². The van der Waals surface area contributed by atoms with E-state index in [0.717, 1.165) is 5.56 Å². The highest BCUT2D eigenvalue weighted by atomic mass is 16.5. The molecule has 2 aromatic heterocycles. The van der Waals surface area contributed by atoms with Gasteiger partial charge in [-0.15, -0.1) is 12.3 Å². The number of furan rings is 1. The highest BCUT2D eigenvalue weighted by Crippen LogP contribution is 2.18. The first-order chi connectivity index (χ1) is 7.31. The van der Waals surface area contributed by atoms with Crippen LogP contribution in [-0.2, 0) is 0 Å². The van der Waals surface area contributed by atoms with Gasteiger partial charge in [-0.3, -0.25) is 0 Å². The lowest BCUT2D eigenvalue weighted by atomic mass is 10.2. The fraction of sp³-hybridized carbons (Fsp3) is 0.200. The molecule has 0 amide bonds. The zero-order valence-electron chi connectivity index (χ0n) is 7.88. The van der Waals surface area contributed by atoms with Gasteiger partial charge < -0.3 is 14.7 Å². The fourth-order valence-electron chi connectivity index (χ4n) is 1.11. The van der Waals surface area contributed by atoms with Gasteiger partial charge in [-0.1, -0.05) is 5.16 Å². The maximum absolute atomic E-state index is 5.71. The molecule has 5 heteroatoms. The van der Waals surface area contributed by atoms with Crippen molar-refractivity contribution in [3.63, 3.8) is 0 Å². The molecule has 2 rings (SSSR count). The molecule has 76 valence electrons. The van der Waals surface area contributed by atoms with Crippen LogP contribution in [0.5, 0.6) is 0 Å². The van der Waals surface area contributed by atoms with Crippen LogP contribution in [0, 0.1) is 12.3 Å². The van der Waals surface area contributed by atoms with Crippen LogP contribution in [0.3, 0.4) is 0 Å². The molecule has 0 fully saturated rings. The van der Waals surface area contributed by atoms with Crippen LogP contribution in [0.25, 0.3) is 11.4 Å². The maximum atomic E-state index is 5.71. The molecule has 2 N–H and O–H groups in total. The SMILES string of the molecule is C#CCC(N)c1nc(-c2ccoc2)no1. The first-order valence-electron chi connectivity index (χ1n) is 4.36. The van der Waals surface area contributed by atoms with Gasteiger partial charge in [0, 0.05) is 6.42 Å². The molecule has 0 aliphatic heterocycles. The molecule has 0 radical (unpaired) electrons. The molecule has 0 spiro atoms. The van der Waals surface area contributed by atoms with Crippen LogP contribution in [0.1, 0.15) is 18.4 Å². The Morgan fingerprint density at radius 3 is 3.13 bits per heavy atom. The second kappa shape index (κ2) is 3.98. The summed E-state index contributed by atoms with van der Waals surface area (Å²) < 4.78 is 9.88. The minimum atomic E-state index is -0.414. The van der Waals surface area contributed by atoms with Crippen molar-refractivity contribution in [3.8, 4) is 23.7 Å². The van der Waals surface area contributed by atoms with Crippen LogP contribution in [0.4, 0.5) is 0 Å². The maximum Gasteiger partial charge on any atom is 0.244 e. The van der Waals surface area contributed by atoms with Crippen molar-refractivity contribution in [2.45, 2.75) is 12.5 Å². The minimum absolute atomic E-state index is 0.337. The van der Waals surface area contributed by atoms with Gasteiger partial charge in [0.1, 0.15) is 6.26 Å². The Morgan fingerprint density at radius 1 is 1.60 bits per heavy atom. The summed E-state index contributed by atoms with van der Waals surface area (Å²) in [7, 11) is 0. The zero-order valence-corrected chi connectivity index (χ0v) is 7.88. The average molecular weight is 203 g/mol. The molecular formula is C10H9N3O2. The molecule has 0 saturated heterocycles. The van der Waals surface area contributed by atoms with E-state index in [1.165, 1.54) is 12.5 Å². The summed E-state index contributed by atoms with van der Waals surface area (Å²) >= 11 is 0. The van der Waals surface area contributed by atoms with Gasteiger partial charge in [-0.25, -0.2) is 0 Å². The number of rotatable bonds is 3. The molecule has 2 heterocycles. The molecule has 1 unspecified atom stereocenters. The summed E-state index contributed by atoms with van der Waals surface area (Å²) in [5, 5.41) is 3.77. The molecule has 0 aliphatic rings. The average Bonchev–Trinajstić information content (AvgIpc) is 2.89. The number of nitrogens with two attached hydrogens (primary N) is 1. The Labute approximate surface area is 86.3 Å². The number of terminal acetylenes is 1. The van der Waals surface area contributed by atoms with E-state index in [0.29, 0.717) is 18.1 Å². The molecule has 0 saturated carbocycles. The summed E-state index contributed by atoms with van der Waals surface area (Å²) in [5.74, 6) is 3.23. The largest absolute Gasteiger partial charge is 0.472 e. The van der Waals surface area contributed by atoms with Gasteiger partial charge in [0.25, 0.3) is 0 Å². The first-order valence-corrected chi connectivity index (χ1v) is 4.36. The highest BCUT2D eigenvalue weighted by molar-refractivity contribution is 5.51. The number of aromatic nitrogens is 2. The van der Waals surface area contributed by atoms with Crippen LogP contribution < -0.4 is 5.73 Å². The summed E-state index contributed by atoms with van der Waals surface area (Å²) in [6, 6.07) is 1.32. The van der Waals surface area contributed by atoms with Crippen molar-refractivity contribution in [1.29, 1.82) is 0 Å². The van der Waals surface area contributed by atoms with Crippen molar-refractivity contribution in [3.05, 3.63) is 24.5 Å². The third-order valence-corrected chi connectivity index (χ3v) is 1.88. The summed E-state index contributed by atoms with van der Waals surface area (Å²) in [6.07, 6.45) is 8.56. The molecule has 0 aromatic carbocycles. The molecule has 0 aliphatic carbocycles. The quantitative estimate of drug-likeness (QED) is 0.762. The van der Waals surface area contributed by atoms with E-state index in [1.807, 2.05) is 0 Å². The van der Waals surface area contributed by atoms with Gasteiger partial charge >= 0.3 is 0 Å². The van der Waals surface area contributed by atoms with Gasteiger partial charge in [0.2, 0.25) is 11.7 Å². The lowest BCUT2D eigenvalue weighted by molar-refractivity contribution is 0.357. The van der Waals surface area contributed by atoms with E-state index in [1.54, 1.807) is 6.07 Å². The number of nitrogens with zero attached hydrogens (tertiary/aromatic N) is 2. The van der Waals surface area contributed by atoms with Crippen LogP contribution >= 0.6 is 0 Å². The third kappa shape index (κ3) is 1.90. The zero-order chi connectivity index (χ0) is 10.7. The molecule has 15 heavy (non-hydrogen) atoms. The third-order valence-electron chi connectivity index (χ3n) is 1.88. The Kier molecular flexibility index (Phi) is 2.52. The van der Waals surface area contributed by atoms with Crippen LogP contribution in [-0.4, -0.2) is 10.1 Å². The predicted molar refractivity (Wildman–Crippen MR) is 52.4 cm³/mol. The minimum Gasteiger partial charge on any atom is -0.472 e. The molecule has 5 nitrogen and oxygen atoms in total. The van der Waals surface area contributed by atoms with Crippen molar-refractivity contribution in [2.75, 3.05) is 0 Å². The van der Waals surface area contributed by atoms with E-state index in [-0.39, 0.29) is 0 Å². The van der Waals surface area contributed by atoms with Gasteiger partial charge in [-0.05, 0) is 6.07 Å². The van der Waals surface area contributed by atoms with E-state index < -0.39 is 6.04 Å².